The van der Waals surface area contributed by atoms with E-state index in [4.69, 9.17) is 4.74 Å². The highest BCUT2D eigenvalue weighted by atomic mass is 19.4. The van der Waals surface area contributed by atoms with Crippen molar-refractivity contribution in [1.29, 1.82) is 0 Å². The van der Waals surface area contributed by atoms with Crippen LogP contribution >= 0.6 is 0 Å². The zero-order valence-electron chi connectivity index (χ0n) is 14.1. The number of alkyl halides is 3. The highest BCUT2D eigenvalue weighted by molar-refractivity contribution is 5.76. The lowest BCUT2D eigenvalue weighted by Crippen LogP contribution is -2.32. The van der Waals surface area contributed by atoms with Crippen LogP contribution in [-0.2, 0) is 15.7 Å². The van der Waals surface area contributed by atoms with Crippen LogP contribution in [0.4, 0.5) is 13.2 Å². The van der Waals surface area contributed by atoms with E-state index in [0.717, 1.165) is 12.5 Å². The first kappa shape index (κ1) is 19.0. The molecule has 0 spiro atoms. The van der Waals surface area contributed by atoms with Gasteiger partial charge in [-0.15, -0.1) is 0 Å². The van der Waals surface area contributed by atoms with Gasteiger partial charge >= 0.3 is 6.18 Å². The standard InChI is InChI=1S/C17H19F3N2O3/c1-4-5-15(23)22(2)16(24-3)12-8-6-11(7-9-12)13-10-14(25-21-13)17(18,19)20/h6-10,16H,4-5H2,1-3H3. The van der Waals surface area contributed by atoms with Gasteiger partial charge < -0.3 is 14.2 Å². The number of rotatable bonds is 6. The van der Waals surface area contributed by atoms with Crippen molar-refractivity contribution in [3.8, 4) is 11.3 Å². The van der Waals surface area contributed by atoms with E-state index in [1.807, 2.05) is 6.92 Å². The quantitative estimate of drug-likeness (QED) is 0.726. The summed E-state index contributed by atoms with van der Waals surface area (Å²) in [5.41, 5.74) is 1.27. The topological polar surface area (TPSA) is 55.6 Å². The number of halogens is 3. The third-order valence-electron chi connectivity index (χ3n) is 3.71. The summed E-state index contributed by atoms with van der Waals surface area (Å²) in [5.74, 6) is -1.20. The average molecular weight is 356 g/mol. The van der Waals surface area contributed by atoms with Crippen LogP contribution in [0.3, 0.4) is 0 Å². The summed E-state index contributed by atoms with van der Waals surface area (Å²) in [5, 5.41) is 3.44. The molecule has 2 aromatic rings. The second-order valence-corrected chi connectivity index (χ2v) is 5.54. The molecule has 0 N–H and O–H groups in total. The van der Waals surface area contributed by atoms with E-state index in [9.17, 15) is 18.0 Å². The largest absolute Gasteiger partial charge is 0.452 e. The van der Waals surface area contributed by atoms with Crippen LogP contribution < -0.4 is 0 Å². The lowest BCUT2D eigenvalue weighted by molar-refractivity contribution is -0.155. The maximum absolute atomic E-state index is 12.6. The van der Waals surface area contributed by atoms with Crippen LogP contribution in [0, 0.1) is 0 Å². The lowest BCUT2D eigenvalue weighted by atomic mass is 10.1. The van der Waals surface area contributed by atoms with Gasteiger partial charge in [0.25, 0.3) is 0 Å². The second kappa shape index (κ2) is 7.69. The van der Waals surface area contributed by atoms with Gasteiger partial charge in [0.1, 0.15) is 5.69 Å². The zero-order valence-corrected chi connectivity index (χ0v) is 14.1. The van der Waals surface area contributed by atoms with Crippen molar-refractivity contribution in [3.63, 3.8) is 0 Å². The summed E-state index contributed by atoms with van der Waals surface area (Å²) < 4.78 is 47.4. The molecule has 1 aromatic carbocycles. The molecule has 8 heteroatoms. The first-order chi connectivity index (χ1) is 11.8. The molecular formula is C17H19F3N2O3. The predicted molar refractivity (Wildman–Crippen MR) is 84.4 cm³/mol. The number of nitrogens with zero attached hydrogens (tertiary/aromatic N) is 2. The number of amides is 1. The number of hydrogen-bond acceptors (Lipinski definition) is 4. The fraction of sp³-hybridized carbons (Fsp3) is 0.412. The zero-order chi connectivity index (χ0) is 18.6. The Hall–Kier alpha value is -2.35. The Kier molecular flexibility index (Phi) is 5.84. The molecule has 1 atom stereocenters. The van der Waals surface area contributed by atoms with Crippen molar-refractivity contribution in [2.24, 2.45) is 0 Å². The van der Waals surface area contributed by atoms with Gasteiger partial charge in [-0.1, -0.05) is 36.3 Å². The maximum Gasteiger partial charge on any atom is 0.452 e. The minimum Gasteiger partial charge on any atom is -0.357 e. The van der Waals surface area contributed by atoms with E-state index in [1.165, 1.54) is 12.0 Å². The van der Waals surface area contributed by atoms with Gasteiger partial charge in [-0.3, -0.25) is 4.79 Å². The van der Waals surface area contributed by atoms with Gasteiger partial charge in [0.2, 0.25) is 11.7 Å². The van der Waals surface area contributed by atoms with E-state index in [-0.39, 0.29) is 11.6 Å². The molecule has 136 valence electrons. The van der Waals surface area contributed by atoms with Crippen molar-refractivity contribution in [3.05, 3.63) is 41.7 Å². The van der Waals surface area contributed by atoms with Crippen molar-refractivity contribution >= 4 is 5.91 Å². The Morgan fingerprint density at radius 1 is 1.32 bits per heavy atom. The van der Waals surface area contributed by atoms with Gasteiger partial charge in [0.15, 0.2) is 6.23 Å². The molecule has 2 rings (SSSR count). The number of hydrogen-bond donors (Lipinski definition) is 0. The summed E-state index contributed by atoms with van der Waals surface area (Å²) in [7, 11) is 3.13. The summed E-state index contributed by atoms with van der Waals surface area (Å²) in [6, 6.07) is 7.43. The van der Waals surface area contributed by atoms with Gasteiger partial charge in [0, 0.05) is 37.8 Å². The lowest BCUT2D eigenvalue weighted by Gasteiger charge is -2.27. The Balaban J connectivity index is 2.20. The molecule has 5 nitrogen and oxygen atoms in total. The van der Waals surface area contributed by atoms with Crippen molar-refractivity contribution in [2.45, 2.75) is 32.2 Å². The fourth-order valence-electron chi connectivity index (χ4n) is 2.40. The monoisotopic (exact) mass is 356 g/mol. The summed E-state index contributed by atoms with van der Waals surface area (Å²) in [6.45, 7) is 1.91. The third-order valence-corrected chi connectivity index (χ3v) is 3.71. The van der Waals surface area contributed by atoms with Gasteiger partial charge in [-0.05, 0) is 6.42 Å². The molecule has 1 unspecified atom stereocenters. The van der Waals surface area contributed by atoms with E-state index >= 15 is 0 Å². The number of carbonyl (C=O) groups excluding carboxylic acids is 1. The minimum atomic E-state index is -4.57. The first-order valence-corrected chi connectivity index (χ1v) is 7.70. The number of aromatic nitrogens is 1. The molecule has 0 saturated carbocycles. The van der Waals surface area contributed by atoms with Gasteiger partial charge in [-0.25, -0.2) is 0 Å². The summed E-state index contributed by atoms with van der Waals surface area (Å²) in [6.07, 6.45) is -4.01. The van der Waals surface area contributed by atoms with Crippen molar-refractivity contribution in [1.82, 2.24) is 10.1 Å². The van der Waals surface area contributed by atoms with Gasteiger partial charge in [0.05, 0.1) is 0 Å². The van der Waals surface area contributed by atoms with Gasteiger partial charge in [-0.2, -0.15) is 13.2 Å². The van der Waals surface area contributed by atoms with E-state index in [2.05, 4.69) is 9.68 Å². The Labute approximate surface area is 143 Å². The molecule has 0 saturated heterocycles. The molecule has 0 aliphatic heterocycles. The summed E-state index contributed by atoms with van der Waals surface area (Å²) >= 11 is 0. The first-order valence-electron chi connectivity index (χ1n) is 7.70. The average Bonchev–Trinajstić information content (AvgIpc) is 3.06. The molecule has 0 aliphatic rings. The number of methoxy groups -OCH3 is 1. The van der Waals surface area contributed by atoms with Crippen molar-refractivity contribution < 1.29 is 27.2 Å². The molecule has 1 amide bonds. The third kappa shape index (κ3) is 4.39. The summed E-state index contributed by atoms with van der Waals surface area (Å²) in [4.78, 5) is 13.5. The molecule has 0 bridgehead atoms. The van der Waals surface area contributed by atoms with Crippen LogP contribution in [0.15, 0.2) is 34.9 Å². The molecule has 25 heavy (non-hydrogen) atoms. The fourth-order valence-corrected chi connectivity index (χ4v) is 2.40. The smallest absolute Gasteiger partial charge is 0.357 e. The highest BCUT2D eigenvalue weighted by Crippen LogP contribution is 2.32. The number of carbonyl (C=O) groups is 1. The second-order valence-electron chi connectivity index (χ2n) is 5.54. The number of ether oxygens (including phenoxy) is 1. The molecule has 1 aromatic heterocycles. The van der Waals surface area contributed by atoms with Crippen LogP contribution in [0.5, 0.6) is 0 Å². The van der Waals surface area contributed by atoms with E-state index in [0.29, 0.717) is 17.5 Å². The molecule has 1 heterocycles. The van der Waals surface area contributed by atoms with E-state index in [1.54, 1.807) is 31.3 Å². The maximum atomic E-state index is 12.6. The SMILES string of the molecule is CCCC(=O)N(C)C(OC)c1ccc(-c2cc(C(F)(F)F)on2)cc1. The van der Waals surface area contributed by atoms with Crippen LogP contribution in [0.25, 0.3) is 11.3 Å². The Bertz CT molecular complexity index is 711. The van der Waals surface area contributed by atoms with E-state index < -0.39 is 18.2 Å². The van der Waals surface area contributed by atoms with Crippen LogP contribution in [0.2, 0.25) is 0 Å². The normalized spacial score (nSPS) is 12.9. The number of benzene rings is 1. The molecule has 0 aliphatic carbocycles. The molecule has 0 radical (unpaired) electrons. The van der Waals surface area contributed by atoms with Crippen LogP contribution in [0.1, 0.15) is 37.3 Å². The molecular weight excluding hydrogens is 337 g/mol. The van der Waals surface area contributed by atoms with Crippen molar-refractivity contribution in [2.75, 3.05) is 14.2 Å². The minimum absolute atomic E-state index is 0.0512. The predicted octanol–water partition coefficient (Wildman–Crippen LogP) is 4.26. The molecule has 0 fully saturated rings. The highest BCUT2D eigenvalue weighted by Gasteiger charge is 2.36. The van der Waals surface area contributed by atoms with Crippen LogP contribution in [-0.4, -0.2) is 30.1 Å². The Morgan fingerprint density at radius 2 is 1.96 bits per heavy atom. The Morgan fingerprint density at radius 3 is 2.44 bits per heavy atom.